The maximum absolute atomic E-state index is 11.4. The van der Waals surface area contributed by atoms with E-state index in [0.717, 1.165) is 12.2 Å². The zero-order valence-corrected chi connectivity index (χ0v) is 8.58. The summed E-state index contributed by atoms with van der Waals surface area (Å²) in [7, 11) is 1.60. The number of carbonyl (C=O) groups excluding carboxylic acids is 1. The Morgan fingerprint density at radius 1 is 1.47 bits per heavy atom. The van der Waals surface area contributed by atoms with Crippen LogP contribution in [0.15, 0.2) is 18.2 Å². The first-order chi connectivity index (χ1) is 7.29. The molecule has 0 unspecified atom stereocenters. The molecule has 1 aromatic rings. The molecule has 0 radical (unpaired) electrons. The first-order valence-corrected chi connectivity index (χ1v) is 4.90. The molecule has 1 aliphatic heterocycles. The molecule has 1 amide bonds. The number of benzene rings is 1. The summed E-state index contributed by atoms with van der Waals surface area (Å²) in [5.74, 6) is 1.43. The summed E-state index contributed by atoms with van der Waals surface area (Å²) in [6, 6.07) is 5.36. The third kappa shape index (κ3) is 2.21. The molecule has 4 nitrogen and oxygen atoms in total. The van der Waals surface area contributed by atoms with Gasteiger partial charge in [-0.15, -0.1) is 0 Å². The van der Waals surface area contributed by atoms with E-state index in [-0.39, 0.29) is 5.91 Å². The molecule has 4 heteroatoms. The van der Waals surface area contributed by atoms with Gasteiger partial charge < -0.3 is 14.8 Å². The van der Waals surface area contributed by atoms with Gasteiger partial charge in [0.1, 0.15) is 11.5 Å². The molecule has 1 aromatic carbocycles. The molecule has 2 rings (SSSR count). The van der Waals surface area contributed by atoms with Gasteiger partial charge in [-0.25, -0.2) is 0 Å². The van der Waals surface area contributed by atoms with Gasteiger partial charge in [-0.05, 0) is 18.6 Å². The van der Waals surface area contributed by atoms with Crippen molar-refractivity contribution in [2.75, 3.05) is 19.0 Å². The number of fused-ring (bicyclic) bond motifs is 1. The number of anilines is 1. The number of ether oxygens (including phenoxy) is 2. The molecule has 0 saturated heterocycles. The highest BCUT2D eigenvalue weighted by atomic mass is 16.5. The van der Waals surface area contributed by atoms with Crippen molar-refractivity contribution in [2.45, 2.75) is 12.8 Å². The van der Waals surface area contributed by atoms with Crippen LogP contribution < -0.4 is 14.8 Å². The van der Waals surface area contributed by atoms with Gasteiger partial charge in [-0.2, -0.15) is 0 Å². The van der Waals surface area contributed by atoms with Crippen molar-refractivity contribution in [3.8, 4) is 11.5 Å². The van der Waals surface area contributed by atoms with Crippen molar-refractivity contribution in [1.82, 2.24) is 0 Å². The Labute approximate surface area is 88.2 Å². The molecule has 80 valence electrons. The maximum Gasteiger partial charge on any atom is 0.224 e. The summed E-state index contributed by atoms with van der Waals surface area (Å²) in [4.78, 5) is 11.4. The van der Waals surface area contributed by atoms with Gasteiger partial charge in [0.15, 0.2) is 0 Å². The standard InChI is InChI=1S/C11H13NO3/c1-14-8-4-5-9-10(7-8)15-6-2-3-11(13)12-9/h4-5,7H,2-3,6H2,1H3,(H,12,13). The fourth-order valence-corrected chi connectivity index (χ4v) is 1.48. The summed E-state index contributed by atoms with van der Waals surface area (Å²) in [5, 5.41) is 2.79. The highest BCUT2D eigenvalue weighted by molar-refractivity contribution is 5.92. The zero-order valence-electron chi connectivity index (χ0n) is 8.58. The number of methoxy groups -OCH3 is 1. The highest BCUT2D eigenvalue weighted by Crippen LogP contribution is 2.30. The summed E-state index contributed by atoms with van der Waals surface area (Å²) in [5.41, 5.74) is 0.709. The minimum Gasteiger partial charge on any atom is -0.497 e. The number of amides is 1. The van der Waals surface area contributed by atoms with Crippen LogP contribution in [0.4, 0.5) is 5.69 Å². The Hall–Kier alpha value is -1.71. The van der Waals surface area contributed by atoms with Gasteiger partial charge in [0.05, 0.1) is 19.4 Å². The van der Waals surface area contributed by atoms with Gasteiger partial charge in [-0.1, -0.05) is 0 Å². The number of hydrogen-bond donors (Lipinski definition) is 1. The van der Waals surface area contributed by atoms with Crippen LogP contribution in [0.5, 0.6) is 11.5 Å². The lowest BCUT2D eigenvalue weighted by Gasteiger charge is -2.16. The van der Waals surface area contributed by atoms with Crippen LogP contribution in [-0.2, 0) is 4.79 Å². The van der Waals surface area contributed by atoms with Crippen LogP contribution >= 0.6 is 0 Å². The van der Waals surface area contributed by atoms with E-state index in [1.165, 1.54) is 0 Å². The molecule has 0 spiro atoms. The molecular weight excluding hydrogens is 194 g/mol. The first kappa shape index (κ1) is 9.83. The maximum atomic E-state index is 11.4. The average Bonchev–Trinajstić information content (AvgIpc) is 2.23. The van der Waals surface area contributed by atoms with E-state index in [1.807, 2.05) is 0 Å². The SMILES string of the molecule is COc1ccc2c(c1)OCCCC(=O)N2. The lowest BCUT2D eigenvalue weighted by Crippen LogP contribution is -2.16. The van der Waals surface area contributed by atoms with Gasteiger partial charge in [0, 0.05) is 12.5 Å². The molecule has 15 heavy (non-hydrogen) atoms. The number of rotatable bonds is 1. The first-order valence-electron chi connectivity index (χ1n) is 4.90. The van der Waals surface area contributed by atoms with E-state index in [2.05, 4.69) is 5.32 Å². The average molecular weight is 207 g/mol. The summed E-state index contributed by atoms with van der Waals surface area (Å²) in [6.07, 6.45) is 1.24. The van der Waals surface area contributed by atoms with Crippen molar-refractivity contribution in [2.24, 2.45) is 0 Å². The molecule has 0 saturated carbocycles. The second-order valence-corrected chi connectivity index (χ2v) is 3.36. The van der Waals surface area contributed by atoms with Gasteiger partial charge >= 0.3 is 0 Å². The topological polar surface area (TPSA) is 47.6 Å². The van der Waals surface area contributed by atoms with Crippen molar-refractivity contribution in [3.05, 3.63) is 18.2 Å². The second kappa shape index (κ2) is 4.21. The predicted molar refractivity (Wildman–Crippen MR) is 56.4 cm³/mol. The number of hydrogen-bond acceptors (Lipinski definition) is 3. The lowest BCUT2D eigenvalue weighted by atomic mass is 10.2. The molecule has 0 atom stereocenters. The molecule has 1 heterocycles. The third-order valence-corrected chi connectivity index (χ3v) is 2.27. The van der Waals surface area contributed by atoms with E-state index in [1.54, 1.807) is 25.3 Å². The monoisotopic (exact) mass is 207 g/mol. The van der Waals surface area contributed by atoms with Crippen molar-refractivity contribution >= 4 is 11.6 Å². The van der Waals surface area contributed by atoms with Crippen molar-refractivity contribution in [3.63, 3.8) is 0 Å². The van der Waals surface area contributed by atoms with Gasteiger partial charge in [0.25, 0.3) is 0 Å². The fraction of sp³-hybridized carbons (Fsp3) is 0.364. The fourth-order valence-electron chi connectivity index (χ4n) is 1.48. The minimum absolute atomic E-state index is 0.0321. The predicted octanol–water partition coefficient (Wildman–Crippen LogP) is 1.81. The Balaban J connectivity index is 2.31. The Morgan fingerprint density at radius 3 is 3.13 bits per heavy atom. The Kier molecular flexibility index (Phi) is 2.76. The van der Waals surface area contributed by atoms with E-state index in [9.17, 15) is 4.79 Å². The van der Waals surface area contributed by atoms with Crippen LogP contribution in [0, 0.1) is 0 Å². The molecule has 1 aliphatic rings. The second-order valence-electron chi connectivity index (χ2n) is 3.36. The quantitative estimate of drug-likeness (QED) is 0.763. The molecule has 0 aliphatic carbocycles. The van der Waals surface area contributed by atoms with Crippen LogP contribution in [0.3, 0.4) is 0 Å². The Bertz CT molecular complexity index is 376. The molecule has 0 fully saturated rings. The lowest BCUT2D eigenvalue weighted by molar-refractivity contribution is -0.116. The summed E-state index contributed by atoms with van der Waals surface area (Å²) < 4.78 is 10.6. The van der Waals surface area contributed by atoms with E-state index in [4.69, 9.17) is 9.47 Å². The van der Waals surface area contributed by atoms with Crippen molar-refractivity contribution < 1.29 is 14.3 Å². The molecule has 0 bridgehead atoms. The molecule has 1 N–H and O–H groups in total. The summed E-state index contributed by atoms with van der Waals surface area (Å²) in [6.45, 7) is 0.563. The summed E-state index contributed by atoms with van der Waals surface area (Å²) >= 11 is 0. The largest absolute Gasteiger partial charge is 0.497 e. The smallest absolute Gasteiger partial charge is 0.224 e. The normalized spacial score (nSPS) is 15.4. The molecular formula is C11H13NO3. The van der Waals surface area contributed by atoms with Crippen LogP contribution in [0.25, 0.3) is 0 Å². The number of carbonyl (C=O) groups is 1. The molecule has 0 aromatic heterocycles. The third-order valence-electron chi connectivity index (χ3n) is 2.27. The van der Waals surface area contributed by atoms with Crippen molar-refractivity contribution in [1.29, 1.82) is 0 Å². The number of nitrogens with one attached hydrogen (secondary N) is 1. The zero-order chi connectivity index (χ0) is 10.7. The van der Waals surface area contributed by atoms with Crippen LogP contribution in [0.2, 0.25) is 0 Å². The Morgan fingerprint density at radius 2 is 2.33 bits per heavy atom. The van der Waals surface area contributed by atoms with Gasteiger partial charge in [-0.3, -0.25) is 4.79 Å². The van der Waals surface area contributed by atoms with Crippen LogP contribution in [0.1, 0.15) is 12.8 Å². The van der Waals surface area contributed by atoms with E-state index >= 15 is 0 Å². The van der Waals surface area contributed by atoms with E-state index in [0.29, 0.717) is 24.5 Å². The van der Waals surface area contributed by atoms with Gasteiger partial charge in [0.2, 0.25) is 5.91 Å². The van der Waals surface area contributed by atoms with E-state index < -0.39 is 0 Å². The highest BCUT2D eigenvalue weighted by Gasteiger charge is 2.12. The minimum atomic E-state index is 0.0321. The van der Waals surface area contributed by atoms with Crippen LogP contribution in [-0.4, -0.2) is 19.6 Å².